The van der Waals surface area contributed by atoms with E-state index in [4.69, 9.17) is 16.7 Å². The predicted molar refractivity (Wildman–Crippen MR) is 52.4 cm³/mol. The van der Waals surface area contributed by atoms with E-state index in [9.17, 15) is 9.59 Å². The minimum absolute atomic E-state index is 0.374. The summed E-state index contributed by atoms with van der Waals surface area (Å²) in [6, 6.07) is 6.62. The minimum atomic E-state index is -1.14. The van der Waals surface area contributed by atoms with Crippen molar-refractivity contribution in [1.82, 2.24) is 0 Å². The molecule has 0 saturated carbocycles. The summed E-state index contributed by atoms with van der Waals surface area (Å²) < 4.78 is 0. The summed E-state index contributed by atoms with van der Waals surface area (Å²) in [4.78, 5) is 21.1. The molecule has 1 N–H and O–H groups in total. The Hall–Kier alpha value is -1.35. The van der Waals surface area contributed by atoms with E-state index in [2.05, 4.69) is 0 Å². The maximum absolute atomic E-state index is 10.6. The Morgan fingerprint density at radius 2 is 2.00 bits per heavy atom. The highest BCUT2D eigenvalue weighted by Gasteiger charge is 2.18. The van der Waals surface area contributed by atoms with Crippen LogP contribution >= 0.6 is 11.6 Å². The van der Waals surface area contributed by atoms with Crippen LogP contribution in [0.5, 0.6) is 0 Å². The van der Waals surface area contributed by atoms with Gasteiger partial charge in [-0.3, -0.25) is 4.79 Å². The van der Waals surface area contributed by atoms with Crippen molar-refractivity contribution >= 4 is 23.9 Å². The van der Waals surface area contributed by atoms with Crippen molar-refractivity contribution in [3.05, 3.63) is 35.4 Å². The molecule has 14 heavy (non-hydrogen) atoms. The van der Waals surface area contributed by atoms with Crippen LogP contribution in [0.15, 0.2) is 24.3 Å². The van der Waals surface area contributed by atoms with Gasteiger partial charge in [-0.2, -0.15) is 0 Å². The molecular weight excluding hydrogens is 204 g/mol. The molecule has 0 spiro atoms. The number of benzene rings is 1. The number of halogens is 1. The Morgan fingerprint density at radius 1 is 1.43 bits per heavy atom. The molecule has 1 aromatic carbocycles. The number of alkyl halides is 1. The first kappa shape index (κ1) is 10.7. The standard InChI is InChI=1S/C10H9ClO3/c11-5-7-1-3-8(4-2-7)9(6-12)10(13)14/h1-4,6,9H,5H2,(H,13,14). The van der Waals surface area contributed by atoms with Crippen LogP contribution in [0, 0.1) is 0 Å². The molecule has 0 bridgehead atoms. The summed E-state index contributed by atoms with van der Waals surface area (Å²) in [5, 5.41) is 8.70. The number of carboxylic acid groups (broad SMARTS) is 1. The number of hydrogen-bond donors (Lipinski definition) is 1. The van der Waals surface area contributed by atoms with Crippen molar-refractivity contribution in [2.75, 3.05) is 0 Å². The second-order valence-corrected chi connectivity index (χ2v) is 3.09. The SMILES string of the molecule is O=CC(C(=O)O)c1ccc(CCl)cc1. The van der Waals surface area contributed by atoms with E-state index in [0.717, 1.165) is 5.56 Å². The average Bonchev–Trinajstić information content (AvgIpc) is 2.19. The molecular formula is C10H9ClO3. The van der Waals surface area contributed by atoms with Crippen LogP contribution in [0.25, 0.3) is 0 Å². The maximum Gasteiger partial charge on any atom is 0.318 e. The largest absolute Gasteiger partial charge is 0.480 e. The van der Waals surface area contributed by atoms with Crippen LogP contribution in [0.1, 0.15) is 17.0 Å². The number of carbonyl (C=O) groups excluding carboxylic acids is 1. The summed E-state index contributed by atoms with van der Waals surface area (Å²) in [5.41, 5.74) is 1.37. The summed E-state index contributed by atoms with van der Waals surface area (Å²) in [7, 11) is 0. The van der Waals surface area contributed by atoms with Crippen LogP contribution in [0.4, 0.5) is 0 Å². The number of carboxylic acids is 1. The number of aliphatic carboxylic acids is 1. The van der Waals surface area contributed by atoms with E-state index >= 15 is 0 Å². The highest BCUT2D eigenvalue weighted by molar-refractivity contribution is 6.17. The van der Waals surface area contributed by atoms with E-state index in [-0.39, 0.29) is 0 Å². The van der Waals surface area contributed by atoms with Gasteiger partial charge in [-0.1, -0.05) is 24.3 Å². The van der Waals surface area contributed by atoms with Gasteiger partial charge in [0.2, 0.25) is 0 Å². The highest BCUT2D eigenvalue weighted by Crippen LogP contribution is 2.15. The maximum atomic E-state index is 10.6. The first-order chi connectivity index (χ1) is 6.69. The van der Waals surface area contributed by atoms with Gasteiger partial charge in [0.05, 0.1) is 0 Å². The quantitative estimate of drug-likeness (QED) is 0.470. The topological polar surface area (TPSA) is 54.4 Å². The van der Waals surface area contributed by atoms with Gasteiger partial charge in [-0.25, -0.2) is 0 Å². The summed E-state index contributed by atoms with van der Waals surface area (Å²) in [5.74, 6) is -1.85. The molecule has 4 heteroatoms. The van der Waals surface area contributed by atoms with Crippen molar-refractivity contribution in [3.63, 3.8) is 0 Å². The van der Waals surface area contributed by atoms with Gasteiger partial charge in [0, 0.05) is 5.88 Å². The fourth-order valence-corrected chi connectivity index (χ4v) is 1.27. The van der Waals surface area contributed by atoms with Crippen LogP contribution in [-0.4, -0.2) is 17.4 Å². The molecule has 1 rings (SSSR count). The third-order valence-electron chi connectivity index (χ3n) is 1.90. The number of aldehydes is 1. The molecule has 0 aliphatic carbocycles. The van der Waals surface area contributed by atoms with Gasteiger partial charge in [0.1, 0.15) is 12.2 Å². The monoisotopic (exact) mass is 212 g/mol. The molecule has 0 aliphatic rings. The fraction of sp³-hybridized carbons (Fsp3) is 0.200. The summed E-state index contributed by atoms with van der Waals surface area (Å²) >= 11 is 5.57. The van der Waals surface area contributed by atoms with Gasteiger partial charge in [0.25, 0.3) is 0 Å². The molecule has 1 aromatic rings. The first-order valence-electron chi connectivity index (χ1n) is 4.02. The second-order valence-electron chi connectivity index (χ2n) is 2.83. The smallest absolute Gasteiger partial charge is 0.318 e. The highest BCUT2D eigenvalue weighted by atomic mass is 35.5. The third-order valence-corrected chi connectivity index (χ3v) is 2.20. The normalized spacial score (nSPS) is 12.1. The van der Waals surface area contributed by atoms with E-state index in [1.54, 1.807) is 24.3 Å². The third kappa shape index (κ3) is 2.33. The number of carbonyl (C=O) groups is 2. The molecule has 0 heterocycles. The zero-order chi connectivity index (χ0) is 10.6. The Bertz CT molecular complexity index is 332. The van der Waals surface area contributed by atoms with Crippen molar-refractivity contribution in [2.24, 2.45) is 0 Å². The molecule has 0 aromatic heterocycles. The Kier molecular flexibility index (Phi) is 3.65. The molecule has 0 fully saturated rings. The van der Waals surface area contributed by atoms with Gasteiger partial charge in [-0.15, -0.1) is 11.6 Å². The molecule has 1 atom stereocenters. The minimum Gasteiger partial charge on any atom is -0.480 e. The van der Waals surface area contributed by atoms with Gasteiger partial charge in [-0.05, 0) is 11.1 Å². The van der Waals surface area contributed by atoms with E-state index in [1.165, 1.54) is 0 Å². The van der Waals surface area contributed by atoms with E-state index in [0.29, 0.717) is 17.7 Å². The number of hydrogen-bond acceptors (Lipinski definition) is 2. The molecule has 0 amide bonds. The lowest BCUT2D eigenvalue weighted by molar-refractivity contribution is -0.140. The zero-order valence-electron chi connectivity index (χ0n) is 7.31. The van der Waals surface area contributed by atoms with E-state index in [1.807, 2.05) is 0 Å². The summed E-state index contributed by atoms with van der Waals surface area (Å²) in [6.45, 7) is 0. The Morgan fingerprint density at radius 3 is 2.36 bits per heavy atom. The zero-order valence-corrected chi connectivity index (χ0v) is 8.07. The molecule has 1 unspecified atom stereocenters. The van der Waals surface area contributed by atoms with Gasteiger partial charge < -0.3 is 9.90 Å². The lowest BCUT2D eigenvalue weighted by Gasteiger charge is -2.05. The van der Waals surface area contributed by atoms with Crippen LogP contribution in [-0.2, 0) is 15.5 Å². The van der Waals surface area contributed by atoms with Crippen molar-refractivity contribution in [3.8, 4) is 0 Å². The lowest BCUT2D eigenvalue weighted by Crippen LogP contribution is -2.12. The Balaban J connectivity index is 2.94. The molecule has 0 aliphatic heterocycles. The van der Waals surface area contributed by atoms with E-state index < -0.39 is 11.9 Å². The van der Waals surface area contributed by atoms with Crippen LogP contribution in [0.2, 0.25) is 0 Å². The predicted octanol–water partition coefficient (Wildman–Crippen LogP) is 1.79. The van der Waals surface area contributed by atoms with Crippen molar-refractivity contribution in [1.29, 1.82) is 0 Å². The van der Waals surface area contributed by atoms with Gasteiger partial charge in [0.15, 0.2) is 0 Å². The van der Waals surface area contributed by atoms with Crippen LogP contribution < -0.4 is 0 Å². The fourth-order valence-electron chi connectivity index (χ4n) is 1.09. The average molecular weight is 213 g/mol. The van der Waals surface area contributed by atoms with Crippen molar-refractivity contribution < 1.29 is 14.7 Å². The molecule has 3 nitrogen and oxygen atoms in total. The number of rotatable bonds is 4. The summed E-state index contributed by atoms with van der Waals surface area (Å²) in [6.07, 6.45) is 0.415. The lowest BCUT2D eigenvalue weighted by atomic mass is 10.00. The molecule has 74 valence electrons. The van der Waals surface area contributed by atoms with Crippen molar-refractivity contribution in [2.45, 2.75) is 11.8 Å². The molecule has 0 saturated heterocycles. The Labute approximate surface area is 86.3 Å². The molecule has 0 radical (unpaired) electrons. The first-order valence-corrected chi connectivity index (χ1v) is 4.55. The van der Waals surface area contributed by atoms with Gasteiger partial charge >= 0.3 is 5.97 Å². The van der Waals surface area contributed by atoms with Crippen LogP contribution in [0.3, 0.4) is 0 Å². The second kappa shape index (κ2) is 4.77.